The van der Waals surface area contributed by atoms with E-state index in [0.717, 1.165) is 92.7 Å². The van der Waals surface area contributed by atoms with Crippen LogP contribution in [-0.4, -0.2) is 14.5 Å². The van der Waals surface area contributed by atoms with Crippen molar-refractivity contribution in [3.63, 3.8) is 0 Å². The maximum atomic E-state index is 7.08. The second kappa shape index (κ2) is 11.7. The van der Waals surface area contributed by atoms with Gasteiger partial charge in [0, 0.05) is 37.2 Å². The highest BCUT2D eigenvalue weighted by atomic mass is 32.1. The first-order valence-electron chi connectivity index (χ1n) is 18.5. The lowest BCUT2D eigenvalue weighted by Crippen LogP contribution is -2.03. The van der Waals surface area contributed by atoms with E-state index in [1.54, 1.807) is 11.3 Å². The van der Waals surface area contributed by atoms with Crippen molar-refractivity contribution in [2.75, 3.05) is 0 Å². The molecule has 0 spiro atoms. The van der Waals surface area contributed by atoms with Gasteiger partial charge in [0.25, 0.3) is 0 Å². The fourth-order valence-corrected chi connectivity index (χ4v) is 9.70. The molecule has 0 aliphatic heterocycles. The van der Waals surface area contributed by atoms with Crippen molar-refractivity contribution in [3.05, 3.63) is 176 Å². The Bertz CT molecular complexity index is 3490. The molecule has 0 aliphatic rings. The molecular weight excluding hydrogens is 691 g/mol. The lowest BCUT2D eigenvalue weighted by molar-refractivity contribution is 0.671. The Labute approximate surface area is 319 Å². The van der Waals surface area contributed by atoms with Gasteiger partial charge in [0.2, 0.25) is 5.95 Å². The summed E-state index contributed by atoms with van der Waals surface area (Å²) in [5.41, 5.74) is 11.2. The highest BCUT2D eigenvalue weighted by Gasteiger charge is 2.25. The third-order valence-electron chi connectivity index (χ3n) is 11.0. The third kappa shape index (κ3) is 4.51. The van der Waals surface area contributed by atoms with Gasteiger partial charge in [-0.25, -0.2) is 9.97 Å². The number of hydrogen-bond donors (Lipinski definition) is 0. The van der Waals surface area contributed by atoms with Crippen molar-refractivity contribution in [2.24, 2.45) is 0 Å². The van der Waals surface area contributed by atoms with E-state index < -0.39 is 0 Å². The van der Waals surface area contributed by atoms with Crippen molar-refractivity contribution in [1.29, 1.82) is 0 Å². The fourth-order valence-electron chi connectivity index (χ4n) is 8.55. The van der Waals surface area contributed by atoms with Gasteiger partial charge < -0.3 is 4.42 Å². The third-order valence-corrected chi connectivity index (χ3v) is 12.2. The van der Waals surface area contributed by atoms with Crippen molar-refractivity contribution in [1.82, 2.24) is 14.5 Å². The van der Waals surface area contributed by atoms with Gasteiger partial charge in [-0.05, 0) is 63.4 Å². The molecule has 8 aromatic carbocycles. The Kier molecular flexibility index (Phi) is 6.47. The lowest BCUT2D eigenvalue weighted by atomic mass is 9.98. The molecule has 5 heteroatoms. The molecule has 0 atom stereocenters. The first-order chi connectivity index (χ1) is 27.3. The maximum Gasteiger partial charge on any atom is 0.236 e. The van der Waals surface area contributed by atoms with E-state index in [-0.39, 0.29) is 0 Å². The number of rotatable bonds is 4. The number of thiophene rings is 1. The van der Waals surface area contributed by atoms with E-state index in [4.69, 9.17) is 14.4 Å². The Morgan fingerprint density at radius 2 is 1.07 bits per heavy atom. The van der Waals surface area contributed by atoms with E-state index in [1.165, 1.54) is 15.6 Å². The Hall–Kier alpha value is -7.08. The SMILES string of the molecule is c1ccc(-c2cccc(-c3nc(-n4c5ccccc5c5c6ccccc6c6c7ccc(-c8ccccc8)cc7oc6c54)nc4c3sc3ccccc34)c2)cc1. The van der Waals surface area contributed by atoms with Gasteiger partial charge in [0.15, 0.2) is 5.58 Å². The van der Waals surface area contributed by atoms with Gasteiger partial charge in [-0.3, -0.25) is 4.57 Å². The quantitative estimate of drug-likeness (QED) is 0.182. The average Bonchev–Trinajstić information content (AvgIpc) is 3.94. The van der Waals surface area contributed by atoms with Crippen LogP contribution in [0.25, 0.3) is 114 Å². The van der Waals surface area contributed by atoms with Crippen LogP contribution in [0.3, 0.4) is 0 Å². The molecule has 4 heterocycles. The number of nitrogens with zero attached hydrogens (tertiary/aromatic N) is 3. The zero-order valence-corrected chi connectivity index (χ0v) is 30.2. The lowest BCUT2D eigenvalue weighted by Gasteiger charge is -2.11. The predicted molar refractivity (Wildman–Crippen MR) is 230 cm³/mol. The second-order valence-electron chi connectivity index (χ2n) is 14.1. The summed E-state index contributed by atoms with van der Waals surface area (Å²) in [5.74, 6) is 0.615. The molecule has 0 amide bonds. The smallest absolute Gasteiger partial charge is 0.236 e. The normalized spacial score (nSPS) is 12.0. The average molecular weight is 720 g/mol. The van der Waals surface area contributed by atoms with Crippen LogP contribution < -0.4 is 0 Å². The molecule has 0 fully saturated rings. The molecule has 0 saturated carbocycles. The zero-order valence-electron chi connectivity index (χ0n) is 29.4. The van der Waals surface area contributed by atoms with E-state index in [1.807, 2.05) is 0 Å². The standard InChI is InChI=1S/C50H29N3OS/c1-3-14-30(15-4-1)32-18-13-19-34(28-32)45-49-46(39-23-10-12-25-42(39)55-49)52-50(51-45)53-40-24-11-9-22-37(40)43-35-20-7-8-21-36(35)44-38-27-26-33(31-16-5-2-6-17-31)29-41(38)54-48(44)47(43)53/h1-29H. The van der Waals surface area contributed by atoms with Crippen LogP contribution in [0, 0.1) is 0 Å². The van der Waals surface area contributed by atoms with E-state index in [2.05, 4.69) is 180 Å². The van der Waals surface area contributed by atoms with Crippen LogP contribution in [0.1, 0.15) is 0 Å². The second-order valence-corrected chi connectivity index (χ2v) is 15.2. The van der Waals surface area contributed by atoms with Gasteiger partial charge in [0.05, 0.1) is 21.4 Å². The minimum atomic E-state index is 0.615. The Balaban J connectivity index is 1.22. The number of furan rings is 1. The summed E-state index contributed by atoms with van der Waals surface area (Å²) in [6.45, 7) is 0. The molecule has 12 rings (SSSR count). The summed E-state index contributed by atoms with van der Waals surface area (Å²) in [6, 6.07) is 62.2. The molecule has 256 valence electrons. The summed E-state index contributed by atoms with van der Waals surface area (Å²) >= 11 is 1.75. The summed E-state index contributed by atoms with van der Waals surface area (Å²) in [6.07, 6.45) is 0. The molecule has 4 aromatic heterocycles. The fraction of sp³-hybridized carbons (Fsp3) is 0. The van der Waals surface area contributed by atoms with Crippen LogP contribution in [0.2, 0.25) is 0 Å². The number of para-hydroxylation sites is 1. The van der Waals surface area contributed by atoms with Gasteiger partial charge in [-0.1, -0.05) is 146 Å². The van der Waals surface area contributed by atoms with Crippen LogP contribution in [0.4, 0.5) is 0 Å². The summed E-state index contributed by atoms with van der Waals surface area (Å²) < 4.78 is 11.6. The first kappa shape index (κ1) is 30.4. The number of benzene rings is 8. The predicted octanol–water partition coefficient (Wildman–Crippen LogP) is 14.0. The summed E-state index contributed by atoms with van der Waals surface area (Å²) in [4.78, 5) is 11.0. The van der Waals surface area contributed by atoms with Crippen molar-refractivity contribution < 1.29 is 4.42 Å². The molecule has 4 nitrogen and oxygen atoms in total. The van der Waals surface area contributed by atoms with E-state index in [9.17, 15) is 0 Å². The van der Waals surface area contributed by atoms with Gasteiger partial charge in [-0.15, -0.1) is 11.3 Å². The highest BCUT2D eigenvalue weighted by Crippen LogP contribution is 2.47. The molecule has 0 bridgehead atoms. The maximum absolute atomic E-state index is 7.08. The summed E-state index contributed by atoms with van der Waals surface area (Å²) in [7, 11) is 0. The van der Waals surface area contributed by atoms with E-state index >= 15 is 0 Å². The van der Waals surface area contributed by atoms with Gasteiger partial charge >= 0.3 is 0 Å². The minimum Gasteiger partial charge on any atom is -0.454 e. The van der Waals surface area contributed by atoms with Crippen LogP contribution >= 0.6 is 11.3 Å². The van der Waals surface area contributed by atoms with Crippen LogP contribution in [0.5, 0.6) is 0 Å². The monoisotopic (exact) mass is 719 g/mol. The minimum absolute atomic E-state index is 0.615. The Morgan fingerprint density at radius 1 is 0.455 bits per heavy atom. The largest absolute Gasteiger partial charge is 0.454 e. The molecule has 0 aliphatic carbocycles. The van der Waals surface area contributed by atoms with Gasteiger partial charge in [0.1, 0.15) is 11.1 Å². The Morgan fingerprint density at radius 3 is 1.85 bits per heavy atom. The van der Waals surface area contributed by atoms with Crippen molar-refractivity contribution in [2.45, 2.75) is 0 Å². The molecule has 0 N–H and O–H groups in total. The van der Waals surface area contributed by atoms with Crippen LogP contribution in [-0.2, 0) is 0 Å². The number of hydrogen-bond acceptors (Lipinski definition) is 4. The molecule has 0 unspecified atom stereocenters. The highest BCUT2D eigenvalue weighted by molar-refractivity contribution is 7.26. The summed E-state index contributed by atoms with van der Waals surface area (Å²) in [5, 5.41) is 7.91. The number of fused-ring (bicyclic) bond motifs is 13. The van der Waals surface area contributed by atoms with Crippen LogP contribution in [0.15, 0.2) is 180 Å². The van der Waals surface area contributed by atoms with Gasteiger partial charge in [-0.2, -0.15) is 0 Å². The molecular formula is C50H29N3OS. The first-order valence-corrected chi connectivity index (χ1v) is 19.3. The molecule has 0 saturated heterocycles. The molecule has 12 aromatic rings. The van der Waals surface area contributed by atoms with Crippen molar-refractivity contribution in [3.8, 4) is 39.5 Å². The molecule has 0 radical (unpaired) electrons. The molecule has 55 heavy (non-hydrogen) atoms. The number of aromatic nitrogens is 3. The topological polar surface area (TPSA) is 43.9 Å². The zero-order chi connectivity index (χ0) is 36.0. The van der Waals surface area contributed by atoms with E-state index in [0.29, 0.717) is 5.95 Å². The van der Waals surface area contributed by atoms with Crippen molar-refractivity contribution >= 4 is 86.2 Å².